The molecule has 4 aromatic rings. The van der Waals surface area contributed by atoms with Crippen molar-refractivity contribution in [2.24, 2.45) is 11.1 Å². The van der Waals surface area contributed by atoms with Crippen LogP contribution in [0.1, 0.15) is 46.1 Å². The second-order valence-corrected chi connectivity index (χ2v) is 12.1. The third-order valence-electron chi connectivity index (χ3n) is 8.12. The molecule has 0 unspecified atom stereocenters. The Bertz CT molecular complexity index is 1590. The molecule has 6 rings (SSSR count). The fourth-order valence-electron chi connectivity index (χ4n) is 5.93. The molecule has 4 N–H and O–H groups in total. The number of hydrogen-bond acceptors (Lipinski definition) is 8. The van der Waals surface area contributed by atoms with E-state index in [2.05, 4.69) is 20.9 Å². The van der Waals surface area contributed by atoms with Gasteiger partial charge in [0.2, 0.25) is 5.95 Å². The average molecular weight is 563 g/mol. The minimum atomic E-state index is -0.0440. The molecule has 1 aliphatic carbocycles. The highest BCUT2D eigenvalue weighted by molar-refractivity contribution is 7.99. The molecule has 2 aliphatic rings. The van der Waals surface area contributed by atoms with Gasteiger partial charge >= 0.3 is 0 Å². The van der Waals surface area contributed by atoms with Crippen molar-refractivity contribution in [2.75, 3.05) is 37.8 Å². The van der Waals surface area contributed by atoms with Crippen LogP contribution in [0.3, 0.4) is 0 Å². The number of pyridine rings is 1. The van der Waals surface area contributed by atoms with Crippen LogP contribution in [0.2, 0.25) is 5.02 Å². The van der Waals surface area contributed by atoms with Crippen LogP contribution in [0.15, 0.2) is 52.6 Å². The normalized spacial score (nSPS) is 18.1. The van der Waals surface area contributed by atoms with E-state index < -0.39 is 0 Å². The van der Waals surface area contributed by atoms with Crippen LogP contribution >= 0.6 is 23.4 Å². The quantitative estimate of drug-likeness (QED) is 0.376. The molecule has 39 heavy (non-hydrogen) atoms. The topological polar surface area (TPSA) is 119 Å². The first-order chi connectivity index (χ1) is 18.7. The SMILES string of the molecule is Cc1nc(N2CCC3(CC2)Cc2cc(C(=O)N(C)C)ccc2[C@H]3N)n2ccnc2c1Sc1ccnc(N)c1Cl. The van der Waals surface area contributed by atoms with Crippen LogP contribution in [-0.4, -0.2) is 57.3 Å². The number of amides is 1. The van der Waals surface area contributed by atoms with Crippen LogP contribution in [0.5, 0.6) is 0 Å². The molecule has 1 aromatic carbocycles. The number of anilines is 2. The summed E-state index contributed by atoms with van der Waals surface area (Å²) >= 11 is 7.92. The summed E-state index contributed by atoms with van der Waals surface area (Å²) in [7, 11) is 3.56. The molecule has 0 saturated carbocycles. The molecular weight excluding hydrogens is 532 g/mol. The van der Waals surface area contributed by atoms with Gasteiger partial charge in [0.25, 0.3) is 5.91 Å². The zero-order chi connectivity index (χ0) is 27.5. The number of nitrogens with zero attached hydrogens (tertiary/aromatic N) is 6. The highest BCUT2D eigenvalue weighted by Gasteiger charge is 2.46. The predicted molar refractivity (Wildman–Crippen MR) is 154 cm³/mol. The summed E-state index contributed by atoms with van der Waals surface area (Å²) in [4.78, 5) is 32.0. The van der Waals surface area contributed by atoms with Gasteiger partial charge in [0, 0.05) is 62.3 Å². The third-order valence-corrected chi connectivity index (χ3v) is 9.88. The van der Waals surface area contributed by atoms with Crippen molar-refractivity contribution in [1.29, 1.82) is 0 Å². The number of aryl methyl sites for hydroxylation is 1. The molecule has 4 heterocycles. The number of benzene rings is 1. The van der Waals surface area contributed by atoms with Crippen LogP contribution in [0.4, 0.5) is 11.8 Å². The Morgan fingerprint density at radius 3 is 2.69 bits per heavy atom. The van der Waals surface area contributed by atoms with Gasteiger partial charge in [-0.1, -0.05) is 29.4 Å². The van der Waals surface area contributed by atoms with Gasteiger partial charge in [-0.3, -0.25) is 9.20 Å². The maximum absolute atomic E-state index is 12.5. The van der Waals surface area contributed by atoms with E-state index in [1.807, 2.05) is 35.7 Å². The van der Waals surface area contributed by atoms with Crippen molar-refractivity contribution < 1.29 is 4.79 Å². The molecule has 3 aromatic heterocycles. The van der Waals surface area contributed by atoms with Gasteiger partial charge in [0.15, 0.2) is 5.65 Å². The van der Waals surface area contributed by atoms with E-state index in [9.17, 15) is 4.79 Å². The van der Waals surface area contributed by atoms with Crippen LogP contribution in [-0.2, 0) is 6.42 Å². The van der Waals surface area contributed by atoms with Gasteiger partial charge < -0.3 is 21.3 Å². The molecule has 1 aliphatic heterocycles. The zero-order valence-corrected chi connectivity index (χ0v) is 23.8. The minimum Gasteiger partial charge on any atom is -0.382 e. The van der Waals surface area contributed by atoms with Crippen LogP contribution in [0, 0.1) is 12.3 Å². The maximum Gasteiger partial charge on any atom is 0.253 e. The Hall–Kier alpha value is -3.34. The predicted octanol–water partition coefficient (Wildman–Crippen LogP) is 4.36. The van der Waals surface area contributed by atoms with Crippen molar-refractivity contribution in [3.8, 4) is 0 Å². The molecule has 1 spiro atoms. The largest absolute Gasteiger partial charge is 0.382 e. The average Bonchev–Trinajstić information content (AvgIpc) is 3.51. The van der Waals surface area contributed by atoms with Gasteiger partial charge in [0.1, 0.15) is 5.82 Å². The molecule has 1 amide bonds. The van der Waals surface area contributed by atoms with Crippen molar-refractivity contribution >= 4 is 46.7 Å². The lowest BCUT2D eigenvalue weighted by atomic mass is 9.73. The molecule has 1 atom stereocenters. The smallest absolute Gasteiger partial charge is 0.253 e. The summed E-state index contributed by atoms with van der Waals surface area (Å²) in [6.07, 6.45) is 8.19. The Morgan fingerprint density at radius 2 is 1.95 bits per heavy atom. The standard InChI is InChI=1S/C28H31ClN8OS/c1-16-22(39-20-6-9-32-24(31)21(20)29)25-33-10-13-37(25)27(34-16)36-11-7-28(8-12-36)15-18-14-17(26(38)35(2)3)4-5-19(18)23(28)30/h4-6,9-10,13-14,23H,7-8,11-12,15,30H2,1-3H3,(H2,31,32)/t23-/m1/s1. The van der Waals surface area contributed by atoms with E-state index in [1.54, 1.807) is 31.4 Å². The Kier molecular flexibility index (Phi) is 6.44. The van der Waals surface area contributed by atoms with Gasteiger partial charge in [-0.2, -0.15) is 0 Å². The highest BCUT2D eigenvalue weighted by atomic mass is 35.5. The summed E-state index contributed by atoms with van der Waals surface area (Å²) < 4.78 is 2.05. The van der Waals surface area contributed by atoms with Crippen molar-refractivity contribution in [2.45, 2.75) is 42.0 Å². The van der Waals surface area contributed by atoms with Gasteiger partial charge in [-0.05, 0) is 60.9 Å². The van der Waals surface area contributed by atoms with Gasteiger partial charge in [-0.25, -0.2) is 15.0 Å². The van der Waals surface area contributed by atoms with Crippen LogP contribution in [0.25, 0.3) is 5.65 Å². The molecule has 1 fully saturated rings. The van der Waals surface area contributed by atoms with E-state index in [4.69, 9.17) is 28.1 Å². The summed E-state index contributed by atoms with van der Waals surface area (Å²) in [6.45, 7) is 3.68. The van der Waals surface area contributed by atoms with Crippen molar-refractivity contribution in [3.63, 3.8) is 0 Å². The number of halogens is 1. The number of carbonyl (C=O) groups is 1. The lowest BCUT2D eigenvalue weighted by molar-refractivity contribution is 0.0827. The number of aromatic nitrogens is 4. The van der Waals surface area contributed by atoms with Crippen molar-refractivity contribution in [3.05, 3.63) is 70.3 Å². The minimum absolute atomic E-state index is 0.0178. The number of carbonyl (C=O) groups excluding carboxylic acids is 1. The highest BCUT2D eigenvalue weighted by Crippen LogP contribution is 2.51. The van der Waals surface area contributed by atoms with E-state index >= 15 is 0 Å². The number of hydrogen-bond donors (Lipinski definition) is 2. The summed E-state index contributed by atoms with van der Waals surface area (Å²) in [5.41, 5.74) is 17.6. The first kappa shape index (κ1) is 25.9. The van der Waals surface area contributed by atoms with E-state index in [0.717, 1.165) is 65.0 Å². The maximum atomic E-state index is 12.5. The molecule has 11 heteroatoms. The summed E-state index contributed by atoms with van der Waals surface area (Å²) in [5.74, 6) is 1.20. The summed E-state index contributed by atoms with van der Waals surface area (Å²) in [6, 6.07) is 7.80. The lowest BCUT2D eigenvalue weighted by Crippen LogP contribution is -2.45. The number of fused-ring (bicyclic) bond motifs is 2. The van der Waals surface area contributed by atoms with E-state index in [0.29, 0.717) is 10.8 Å². The number of piperidine rings is 1. The Balaban J connectivity index is 1.25. The molecule has 1 saturated heterocycles. The van der Waals surface area contributed by atoms with Gasteiger partial charge in [0.05, 0.1) is 15.6 Å². The monoisotopic (exact) mass is 562 g/mol. The fraction of sp³-hybridized carbons (Fsp3) is 0.357. The lowest BCUT2D eigenvalue weighted by Gasteiger charge is -2.42. The summed E-state index contributed by atoms with van der Waals surface area (Å²) in [5, 5.41) is 0.434. The van der Waals surface area contributed by atoms with Crippen molar-refractivity contribution in [1.82, 2.24) is 24.3 Å². The van der Waals surface area contributed by atoms with Gasteiger partial charge in [-0.15, -0.1) is 0 Å². The first-order valence-corrected chi connectivity index (χ1v) is 14.1. The Morgan fingerprint density at radius 1 is 1.18 bits per heavy atom. The molecule has 0 radical (unpaired) electrons. The van der Waals surface area contributed by atoms with E-state index in [1.165, 1.54) is 22.9 Å². The number of nitrogen functional groups attached to an aromatic ring is 1. The molecule has 0 bridgehead atoms. The number of imidazole rings is 1. The second-order valence-electron chi connectivity index (χ2n) is 10.7. The number of nitrogens with two attached hydrogens (primary N) is 2. The number of rotatable bonds is 4. The molecular formula is C28H31ClN8OS. The molecule has 9 nitrogen and oxygen atoms in total. The molecule has 202 valence electrons. The fourth-order valence-corrected chi connectivity index (χ4v) is 7.14. The first-order valence-electron chi connectivity index (χ1n) is 12.9. The van der Waals surface area contributed by atoms with E-state index in [-0.39, 0.29) is 17.4 Å². The van der Waals surface area contributed by atoms with Crippen LogP contribution < -0.4 is 16.4 Å². The Labute approximate surface area is 236 Å². The zero-order valence-electron chi connectivity index (χ0n) is 22.2. The third kappa shape index (κ3) is 4.31. The second kappa shape index (κ2) is 9.69.